The van der Waals surface area contributed by atoms with Crippen molar-refractivity contribution in [1.82, 2.24) is 19.9 Å². The fraction of sp³-hybridized carbons (Fsp3) is 0.579. The molecule has 7 nitrogen and oxygen atoms in total. The number of hydrogen-bond acceptors (Lipinski definition) is 7. The SMILES string of the molecule is CC(C)c1ncncc1N(C)c1ncc(C(F)(F)F)c(N[C@@H]2C[C@H](O)C2(C)C)n1. The molecule has 0 amide bonds. The van der Waals surface area contributed by atoms with Gasteiger partial charge >= 0.3 is 6.18 Å². The van der Waals surface area contributed by atoms with Crippen LogP contribution in [0, 0.1) is 5.41 Å². The lowest BCUT2D eigenvalue weighted by molar-refractivity contribution is -0.137. The van der Waals surface area contributed by atoms with Crippen LogP contribution in [0.2, 0.25) is 0 Å². The summed E-state index contributed by atoms with van der Waals surface area (Å²) in [6.07, 6.45) is -1.04. The molecule has 1 saturated carbocycles. The number of nitrogens with zero attached hydrogens (tertiary/aromatic N) is 5. The molecule has 0 saturated heterocycles. The van der Waals surface area contributed by atoms with E-state index in [2.05, 4.69) is 25.3 Å². The Morgan fingerprint density at radius 2 is 1.93 bits per heavy atom. The highest BCUT2D eigenvalue weighted by atomic mass is 19.4. The molecule has 0 aromatic carbocycles. The average Bonchev–Trinajstić information content (AvgIpc) is 2.66. The monoisotopic (exact) mass is 410 g/mol. The van der Waals surface area contributed by atoms with Gasteiger partial charge in [-0.2, -0.15) is 18.2 Å². The van der Waals surface area contributed by atoms with E-state index in [-0.39, 0.29) is 23.7 Å². The van der Waals surface area contributed by atoms with Crippen molar-refractivity contribution in [3.63, 3.8) is 0 Å². The van der Waals surface area contributed by atoms with Crippen LogP contribution in [0.25, 0.3) is 0 Å². The predicted molar refractivity (Wildman–Crippen MR) is 103 cm³/mol. The highest BCUT2D eigenvalue weighted by molar-refractivity contribution is 5.61. The molecule has 0 spiro atoms. The first-order valence-electron chi connectivity index (χ1n) is 9.35. The van der Waals surface area contributed by atoms with Crippen LogP contribution >= 0.6 is 0 Å². The molecule has 1 aliphatic carbocycles. The van der Waals surface area contributed by atoms with Gasteiger partial charge < -0.3 is 15.3 Å². The zero-order valence-corrected chi connectivity index (χ0v) is 17.0. The van der Waals surface area contributed by atoms with E-state index in [0.717, 1.165) is 11.9 Å². The van der Waals surface area contributed by atoms with E-state index in [1.807, 2.05) is 13.8 Å². The van der Waals surface area contributed by atoms with Crippen molar-refractivity contribution in [2.45, 2.75) is 58.4 Å². The zero-order chi connectivity index (χ0) is 21.6. The molecule has 0 unspecified atom stereocenters. The van der Waals surface area contributed by atoms with E-state index in [4.69, 9.17) is 0 Å². The Hall–Kier alpha value is -2.49. The molecule has 29 heavy (non-hydrogen) atoms. The first-order valence-corrected chi connectivity index (χ1v) is 9.35. The van der Waals surface area contributed by atoms with E-state index in [1.54, 1.807) is 32.0 Å². The highest BCUT2D eigenvalue weighted by Crippen LogP contribution is 2.44. The van der Waals surface area contributed by atoms with Crippen LogP contribution in [-0.2, 0) is 6.18 Å². The number of rotatable bonds is 5. The Morgan fingerprint density at radius 3 is 2.48 bits per heavy atom. The Labute approximate surface area is 167 Å². The van der Waals surface area contributed by atoms with E-state index in [1.165, 1.54) is 6.33 Å². The van der Waals surface area contributed by atoms with E-state index < -0.39 is 23.3 Å². The number of halogens is 3. The predicted octanol–water partition coefficient (Wildman–Crippen LogP) is 3.75. The molecule has 158 valence electrons. The third kappa shape index (κ3) is 3.98. The second kappa shape index (κ2) is 7.40. The number of nitrogens with one attached hydrogen (secondary N) is 1. The Kier molecular flexibility index (Phi) is 5.42. The first-order chi connectivity index (χ1) is 13.4. The lowest BCUT2D eigenvalue weighted by atomic mass is 9.64. The fourth-order valence-corrected chi connectivity index (χ4v) is 3.31. The van der Waals surface area contributed by atoms with Crippen LogP contribution in [-0.4, -0.2) is 44.2 Å². The lowest BCUT2D eigenvalue weighted by Crippen LogP contribution is -2.57. The van der Waals surface area contributed by atoms with Gasteiger partial charge in [-0.15, -0.1) is 0 Å². The maximum absolute atomic E-state index is 13.5. The summed E-state index contributed by atoms with van der Waals surface area (Å²) in [7, 11) is 1.66. The Balaban J connectivity index is 1.99. The van der Waals surface area contributed by atoms with E-state index in [9.17, 15) is 18.3 Å². The van der Waals surface area contributed by atoms with Crippen molar-refractivity contribution in [2.24, 2.45) is 5.41 Å². The summed E-state index contributed by atoms with van der Waals surface area (Å²) in [5, 5.41) is 12.8. The summed E-state index contributed by atoms with van der Waals surface area (Å²) in [5.41, 5.74) is -0.144. The quantitative estimate of drug-likeness (QED) is 0.776. The topological polar surface area (TPSA) is 87.1 Å². The van der Waals surface area contributed by atoms with Gasteiger partial charge in [0.05, 0.1) is 23.7 Å². The minimum atomic E-state index is -4.61. The molecule has 0 aliphatic heterocycles. The molecule has 3 rings (SSSR count). The number of alkyl halides is 3. The van der Waals surface area contributed by atoms with Gasteiger partial charge in [-0.3, -0.25) is 0 Å². The van der Waals surface area contributed by atoms with Gasteiger partial charge in [-0.25, -0.2) is 15.0 Å². The molecule has 0 radical (unpaired) electrons. The minimum Gasteiger partial charge on any atom is -0.392 e. The van der Waals surface area contributed by atoms with Gasteiger partial charge in [-0.1, -0.05) is 27.7 Å². The van der Waals surface area contributed by atoms with Gasteiger partial charge in [0, 0.05) is 24.7 Å². The molecule has 2 atom stereocenters. The fourth-order valence-electron chi connectivity index (χ4n) is 3.31. The molecule has 1 aliphatic rings. The van der Waals surface area contributed by atoms with Crippen LogP contribution < -0.4 is 10.2 Å². The molecular weight excluding hydrogens is 385 g/mol. The van der Waals surface area contributed by atoms with Crippen molar-refractivity contribution >= 4 is 17.5 Å². The number of aliphatic hydroxyl groups excluding tert-OH is 1. The molecule has 2 aromatic rings. The van der Waals surface area contributed by atoms with Gasteiger partial charge in [0.1, 0.15) is 17.7 Å². The number of hydrogen-bond donors (Lipinski definition) is 2. The summed E-state index contributed by atoms with van der Waals surface area (Å²) in [5.74, 6) is -0.128. The Bertz CT molecular complexity index is 886. The van der Waals surface area contributed by atoms with Crippen LogP contribution in [0.5, 0.6) is 0 Å². The van der Waals surface area contributed by atoms with E-state index >= 15 is 0 Å². The molecule has 2 heterocycles. The van der Waals surface area contributed by atoms with Crippen LogP contribution in [0.3, 0.4) is 0 Å². The maximum Gasteiger partial charge on any atom is 0.421 e. The molecule has 1 fully saturated rings. The van der Waals surface area contributed by atoms with Crippen LogP contribution in [0.4, 0.5) is 30.6 Å². The number of aliphatic hydroxyl groups is 1. The molecule has 0 bridgehead atoms. The van der Waals surface area contributed by atoms with Crippen molar-refractivity contribution in [2.75, 3.05) is 17.3 Å². The lowest BCUT2D eigenvalue weighted by Gasteiger charge is -2.49. The van der Waals surface area contributed by atoms with Crippen molar-refractivity contribution in [1.29, 1.82) is 0 Å². The summed E-state index contributed by atoms with van der Waals surface area (Å²) in [6.45, 7) is 7.53. The van der Waals surface area contributed by atoms with Crippen LogP contribution in [0.15, 0.2) is 18.7 Å². The van der Waals surface area contributed by atoms with Gasteiger partial charge in [0.2, 0.25) is 5.95 Å². The zero-order valence-electron chi connectivity index (χ0n) is 17.0. The average molecular weight is 410 g/mol. The van der Waals surface area contributed by atoms with Crippen molar-refractivity contribution in [3.8, 4) is 0 Å². The summed E-state index contributed by atoms with van der Waals surface area (Å²) in [6, 6.07) is -0.335. The maximum atomic E-state index is 13.5. The third-order valence-corrected chi connectivity index (χ3v) is 5.54. The van der Waals surface area contributed by atoms with Gasteiger partial charge in [0.15, 0.2) is 0 Å². The number of anilines is 3. The molecular formula is C19H25F3N6O. The first kappa shape index (κ1) is 21.2. The van der Waals surface area contributed by atoms with E-state index in [0.29, 0.717) is 12.1 Å². The van der Waals surface area contributed by atoms with Gasteiger partial charge in [0.25, 0.3) is 0 Å². The highest BCUT2D eigenvalue weighted by Gasteiger charge is 2.48. The Morgan fingerprint density at radius 1 is 1.24 bits per heavy atom. The summed E-state index contributed by atoms with van der Waals surface area (Å²) in [4.78, 5) is 18.0. The van der Waals surface area contributed by atoms with Gasteiger partial charge in [-0.05, 0) is 12.3 Å². The largest absolute Gasteiger partial charge is 0.421 e. The summed E-state index contributed by atoms with van der Waals surface area (Å²) < 4.78 is 40.5. The second-order valence-electron chi connectivity index (χ2n) is 8.21. The standard InChI is InChI=1S/C19H25F3N6O/c1-10(2)15-12(8-23-9-25-15)28(5)17-24-7-11(19(20,21)22)16(27-17)26-13-6-14(29)18(13,3)4/h7-10,13-14,29H,6H2,1-5H3,(H,24,26,27)/t13-,14+/m1/s1. The smallest absolute Gasteiger partial charge is 0.392 e. The summed E-state index contributed by atoms with van der Waals surface area (Å²) >= 11 is 0. The number of aromatic nitrogens is 4. The minimum absolute atomic E-state index is 0.0831. The molecule has 10 heteroatoms. The molecule has 2 aromatic heterocycles. The van der Waals surface area contributed by atoms with Crippen molar-refractivity contribution < 1.29 is 18.3 Å². The van der Waals surface area contributed by atoms with Crippen LogP contribution in [0.1, 0.15) is 51.3 Å². The second-order valence-corrected chi connectivity index (χ2v) is 8.21. The normalized spacial score (nSPS) is 21.0. The van der Waals surface area contributed by atoms with Crippen molar-refractivity contribution in [3.05, 3.63) is 30.0 Å². The third-order valence-electron chi connectivity index (χ3n) is 5.54. The molecule has 2 N–H and O–H groups in total.